The molecule has 10 nitrogen and oxygen atoms in total. The molecule has 10 heteroatoms. The number of nitrogens with two attached hydrogens (primary N) is 2. The highest BCUT2D eigenvalue weighted by Crippen LogP contribution is 2.24. The van der Waals surface area contributed by atoms with Crippen molar-refractivity contribution in [1.82, 2.24) is 20.2 Å². The van der Waals surface area contributed by atoms with Crippen LogP contribution in [-0.4, -0.2) is 51.8 Å². The second kappa shape index (κ2) is 11.3. The van der Waals surface area contributed by atoms with Crippen LogP contribution in [-0.2, 0) is 11.3 Å². The Labute approximate surface area is 204 Å². The Morgan fingerprint density at radius 3 is 2.69 bits per heavy atom. The number of hydrogen-bond donors (Lipinski definition) is 3. The zero-order chi connectivity index (χ0) is 25.4. The topological polar surface area (TPSA) is 149 Å². The Balaban J connectivity index is 1.59. The van der Waals surface area contributed by atoms with Crippen molar-refractivity contribution in [1.29, 1.82) is 0 Å². The number of aromatic nitrogens is 2. The first-order chi connectivity index (χ1) is 16.7. The molecule has 5 N–H and O–H groups in total. The van der Waals surface area contributed by atoms with E-state index in [9.17, 15) is 9.59 Å². The normalized spacial score (nSPS) is 14.5. The van der Waals surface area contributed by atoms with Crippen LogP contribution in [0.2, 0.25) is 0 Å². The predicted octanol–water partition coefficient (Wildman–Crippen LogP) is 2.88. The van der Waals surface area contributed by atoms with Crippen molar-refractivity contribution in [3.63, 3.8) is 0 Å². The van der Waals surface area contributed by atoms with Gasteiger partial charge in [-0.2, -0.15) is 0 Å². The first kappa shape index (κ1) is 25.4. The van der Waals surface area contributed by atoms with Crippen molar-refractivity contribution in [3.8, 4) is 0 Å². The smallest absolute Gasteiger partial charge is 0.410 e. The zero-order valence-electron chi connectivity index (χ0n) is 20.2. The van der Waals surface area contributed by atoms with Crippen molar-refractivity contribution in [3.05, 3.63) is 71.5 Å². The molecule has 35 heavy (non-hydrogen) atoms. The van der Waals surface area contributed by atoms with Gasteiger partial charge in [0.05, 0.1) is 12.2 Å². The average molecular weight is 478 g/mol. The molecule has 0 saturated carbocycles. The van der Waals surface area contributed by atoms with Gasteiger partial charge in [-0.3, -0.25) is 9.79 Å². The van der Waals surface area contributed by atoms with Crippen molar-refractivity contribution in [2.24, 2.45) is 10.7 Å². The van der Waals surface area contributed by atoms with Gasteiger partial charge in [0, 0.05) is 37.9 Å². The highest BCUT2D eigenvalue weighted by atomic mass is 16.6. The first-order valence-electron chi connectivity index (χ1n) is 11.2. The van der Waals surface area contributed by atoms with Gasteiger partial charge in [-0.15, -0.1) is 0 Å². The molecule has 0 atom stereocenters. The molecule has 2 aromatic rings. The molecule has 2 heterocycles. The number of ether oxygens (including phenoxy) is 1. The number of benzene rings is 1. The molecule has 1 aliphatic heterocycles. The third-order valence-electron chi connectivity index (χ3n) is 5.04. The summed E-state index contributed by atoms with van der Waals surface area (Å²) in [7, 11) is 0. The second-order valence-electron chi connectivity index (χ2n) is 8.94. The van der Waals surface area contributed by atoms with E-state index >= 15 is 0 Å². The lowest BCUT2D eigenvalue weighted by Gasteiger charge is -2.29. The van der Waals surface area contributed by atoms with Crippen molar-refractivity contribution >= 4 is 29.6 Å². The lowest BCUT2D eigenvalue weighted by molar-refractivity contribution is 0.0270. The monoisotopic (exact) mass is 477 g/mol. The summed E-state index contributed by atoms with van der Waals surface area (Å²) >= 11 is 0. The van der Waals surface area contributed by atoms with E-state index < -0.39 is 11.5 Å². The molecule has 3 rings (SSSR count). The van der Waals surface area contributed by atoms with E-state index in [1.54, 1.807) is 4.90 Å². The number of nitrogens with one attached hydrogen (secondary N) is 1. The highest BCUT2D eigenvalue weighted by molar-refractivity contribution is 6.00. The maximum absolute atomic E-state index is 12.3. The van der Waals surface area contributed by atoms with Crippen molar-refractivity contribution in [2.75, 3.05) is 18.8 Å². The zero-order valence-corrected chi connectivity index (χ0v) is 20.2. The standard InChI is InChI=1S/C25H31N7O3/c1-25(2,3)35-24(34)32-11-7-18(8-12-32)19-6-4-5-17(13-19)15-28-16-20(14-26)31-23(33)21-22(27)30-10-9-29-21/h4-7,9-10,13-14,16H,8,11-12,15,26H2,1-3H3,(H2,27,30)(H,31,33). The summed E-state index contributed by atoms with van der Waals surface area (Å²) in [5, 5.41) is 2.61. The van der Waals surface area contributed by atoms with Gasteiger partial charge in [-0.1, -0.05) is 24.3 Å². The van der Waals surface area contributed by atoms with Gasteiger partial charge in [0.2, 0.25) is 0 Å². The minimum atomic E-state index is -0.523. The maximum atomic E-state index is 12.3. The van der Waals surface area contributed by atoms with E-state index in [-0.39, 0.29) is 17.6 Å². The van der Waals surface area contributed by atoms with E-state index in [0.29, 0.717) is 25.3 Å². The summed E-state index contributed by atoms with van der Waals surface area (Å²) in [6.07, 6.45) is 8.01. The number of amides is 2. The molecule has 0 aliphatic carbocycles. The van der Waals surface area contributed by atoms with Crippen LogP contribution >= 0.6 is 0 Å². The lowest BCUT2D eigenvalue weighted by Crippen LogP contribution is -2.39. The quantitative estimate of drug-likeness (QED) is 0.542. The van der Waals surface area contributed by atoms with E-state index in [2.05, 4.69) is 32.4 Å². The molecule has 0 radical (unpaired) electrons. The van der Waals surface area contributed by atoms with Crippen molar-refractivity contribution in [2.45, 2.75) is 39.3 Å². The Hall–Kier alpha value is -4.21. The van der Waals surface area contributed by atoms with Crippen LogP contribution in [0.5, 0.6) is 0 Å². The summed E-state index contributed by atoms with van der Waals surface area (Å²) in [6, 6.07) is 8.05. The Morgan fingerprint density at radius 1 is 1.26 bits per heavy atom. The summed E-state index contributed by atoms with van der Waals surface area (Å²) in [5.74, 6) is -0.494. The number of aliphatic imine (C=N–C) groups is 1. The van der Waals surface area contributed by atoms with E-state index in [1.807, 2.05) is 39.0 Å². The lowest BCUT2D eigenvalue weighted by atomic mass is 9.98. The maximum Gasteiger partial charge on any atom is 0.410 e. The number of carbonyl (C=O) groups excluding carboxylic acids is 2. The molecule has 1 aromatic heterocycles. The number of rotatable bonds is 6. The summed E-state index contributed by atoms with van der Waals surface area (Å²) in [5.41, 5.74) is 14.4. The number of hydrogen-bond acceptors (Lipinski definition) is 8. The van der Waals surface area contributed by atoms with E-state index in [0.717, 1.165) is 17.5 Å². The number of nitrogen functional groups attached to an aromatic ring is 1. The molecular formula is C25H31N7O3. The largest absolute Gasteiger partial charge is 0.444 e. The van der Waals surface area contributed by atoms with Crippen LogP contribution in [0, 0.1) is 0 Å². The van der Waals surface area contributed by atoms with Gasteiger partial charge in [-0.25, -0.2) is 14.8 Å². The Bertz CT molecular complexity index is 1170. The molecule has 1 aromatic carbocycles. The number of anilines is 1. The van der Waals surface area contributed by atoms with E-state index in [4.69, 9.17) is 16.2 Å². The van der Waals surface area contributed by atoms with Gasteiger partial charge in [0.15, 0.2) is 11.5 Å². The minimum absolute atomic E-state index is 0.0129. The number of allylic oxidation sites excluding steroid dienone is 1. The molecular weight excluding hydrogens is 446 g/mol. The molecule has 0 unspecified atom stereocenters. The third kappa shape index (κ3) is 7.39. The van der Waals surface area contributed by atoms with Crippen LogP contribution in [0.25, 0.3) is 5.57 Å². The van der Waals surface area contributed by atoms with Gasteiger partial charge < -0.3 is 26.4 Å². The highest BCUT2D eigenvalue weighted by Gasteiger charge is 2.23. The molecule has 2 amide bonds. The first-order valence-corrected chi connectivity index (χ1v) is 11.2. The van der Waals surface area contributed by atoms with Gasteiger partial charge in [-0.05, 0) is 50.0 Å². The Morgan fingerprint density at radius 2 is 2.03 bits per heavy atom. The van der Waals surface area contributed by atoms with Gasteiger partial charge >= 0.3 is 6.09 Å². The number of carbonyl (C=O) groups is 2. The average Bonchev–Trinajstić information content (AvgIpc) is 2.83. The van der Waals surface area contributed by atoms with Gasteiger partial charge in [0.25, 0.3) is 5.91 Å². The van der Waals surface area contributed by atoms with Crippen LogP contribution in [0.1, 0.15) is 48.8 Å². The van der Waals surface area contributed by atoms with Crippen LogP contribution in [0.15, 0.2) is 59.6 Å². The molecule has 0 bridgehead atoms. The third-order valence-corrected chi connectivity index (χ3v) is 5.04. The molecule has 1 aliphatic rings. The van der Waals surface area contributed by atoms with Crippen LogP contribution < -0.4 is 16.8 Å². The Kier molecular flexibility index (Phi) is 8.19. The molecule has 0 spiro atoms. The fourth-order valence-corrected chi connectivity index (χ4v) is 3.37. The number of nitrogens with zero attached hydrogens (tertiary/aromatic N) is 4. The molecule has 0 fully saturated rings. The SMILES string of the molecule is CC(C)(C)OC(=O)N1CC=C(c2cccc(CN=CC(=CN)NC(=O)c3nccnc3N)c2)CC1. The predicted molar refractivity (Wildman–Crippen MR) is 135 cm³/mol. The summed E-state index contributed by atoms with van der Waals surface area (Å²) < 4.78 is 5.45. The van der Waals surface area contributed by atoms with Crippen LogP contribution in [0.3, 0.4) is 0 Å². The summed E-state index contributed by atoms with van der Waals surface area (Å²) in [4.78, 5) is 38.5. The summed E-state index contributed by atoms with van der Waals surface area (Å²) in [6.45, 7) is 7.08. The molecule has 184 valence electrons. The second-order valence-corrected chi connectivity index (χ2v) is 8.94. The fraction of sp³-hybridized carbons (Fsp3) is 0.320. The van der Waals surface area contributed by atoms with E-state index in [1.165, 1.54) is 30.4 Å². The van der Waals surface area contributed by atoms with Crippen LogP contribution in [0.4, 0.5) is 10.6 Å². The van der Waals surface area contributed by atoms with Crippen molar-refractivity contribution < 1.29 is 14.3 Å². The molecule has 0 saturated heterocycles. The fourth-order valence-electron chi connectivity index (χ4n) is 3.37. The minimum Gasteiger partial charge on any atom is -0.444 e. The van der Waals surface area contributed by atoms with Gasteiger partial charge in [0.1, 0.15) is 5.60 Å².